The number of benzene rings is 1. The summed E-state index contributed by atoms with van der Waals surface area (Å²) in [5, 5.41) is 16.3. The van der Waals surface area contributed by atoms with Crippen LogP contribution in [0.5, 0.6) is 0 Å². The number of carbonyl (C=O) groups excluding carboxylic acids is 1. The lowest BCUT2D eigenvalue weighted by Gasteiger charge is -2.43. The molecule has 2 aliphatic carbocycles. The summed E-state index contributed by atoms with van der Waals surface area (Å²) in [4.78, 5) is 19.5. The van der Waals surface area contributed by atoms with Crippen LogP contribution in [-0.4, -0.2) is 58.8 Å². The highest BCUT2D eigenvalue weighted by molar-refractivity contribution is 6.32. The highest BCUT2D eigenvalue weighted by Gasteiger charge is 2.56. The zero-order valence-corrected chi connectivity index (χ0v) is 19.9. The first kappa shape index (κ1) is 21.8. The highest BCUT2D eigenvalue weighted by atomic mass is 35.5. The maximum atomic E-state index is 12.7. The fourth-order valence-corrected chi connectivity index (χ4v) is 6.97. The Morgan fingerprint density at radius 3 is 2.64 bits per heavy atom. The van der Waals surface area contributed by atoms with Crippen molar-refractivity contribution in [2.24, 2.45) is 17.8 Å². The van der Waals surface area contributed by atoms with Gasteiger partial charge in [0.2, 0.25) is 5.91 Å². The molecule has 4 atom stereocenters. The number of likely N-dealkylation sites (tertiary alicyclic amines) is 1. The van der Waals surface area contributed by atoms with E-state index in [0.717, 1.165) is 47.3 Å². The van der Waals surface area contributed by atoms with Gasteiger partial charge in [-0.1, -0.05) is 18.0 Å². The Hall–Kier alpha value is -1.73. The highest BCUT2D eigenvalue weighted by Crippen LogP contribution is 2.57. The molecule has 7 heteroatoms. The minimum absolute atomic E-state index is 0.129. The van der Waals surface area contributed by atoms with Crippen molar-refractivity contribution >= 4 is 34.1 Å². The van der Waals surface area contributed by atoms with Gasteiger partial charge in [0.1, 0.15) is 5.82 Å². The Bertz CT molecular complexity index is 1080. The molecule has 0 bridgehead atoms. The molecule has 2 saturated heterocycles. The molecule has 1 aromatic heterocycles. The number of aromatic nitrogens is 1. The van der Waals surface area contributed by atoms with E-state index < -0.39 is 6.10 Å². The summed E-state index contributed by atoms with van der Waals surface area (Å²) in [5.41, 5.74) is 0.870. The van der Waals surface area contributed by atoms with Gasteiger partial charge in [0.15, 0.2) is 0 Å². The molecule has 2 unspecified atom stereocenters. The summed E-state index contributed by atoms with van der Waals surface area (Å²) >= 11 is 6.71. The van der Waals surface area contributed by atoms with E-state index in [9.17, 15) is 9.90 Å². The van der Waals surface area contributed by atoms with E-state index in [0.29, 0.717) is 36.8 Å². The molecule has 4 aliphatic rings. The first-order chi connectivity index (χ1) is 15.9. The van der Waals surface area contributed by atoms with E-state index >= 15 is 0 Å². The molecule has 176 valence electrons. The summed E-state index contributed by atoms with van der Waals surface area (Å²) in [5.74, 6) is 2.52. The van der Waals surface area contributed by atoms with Gasteiger partial charge in [-0.25, -0.2) is 4.98 Å². The molecular formula is C26H32ClN3O3. The van der Waals surface area contributed by atoms with Crippen molar-refractivity contribution in [3.8, 4) is 0 Å². The lowest BCUT2D eigenvalue weighted by atomic mass is 9.85. The molecule has 2 saturated carbocycles. The molecule has 2 N–H and O–H groups in total. The van der Waals surface area contributed by atoms with Gasteiger partial charge in [-0.2, -0.15) is 0 Å². The second-order valence-electron chi connectivity index (χ2n) is 10.7. The van der Waals surface area contributed by atoms with Crippen LogP contribution in [-0.2, 0) is 9.53 Å². The first-order valence-corrected chi connectivity index (χ1v) is 12.7. The number of piperidine rings is 1. The normalized spacial score (nSPS) is 34.5. The minimum Gasteiger partial charge on any atom is -0.389 e. The molecule has 33 heavy (non-hydrogen) atoms. The summed E-state index contributed by atoms with van der Waals surface area (Å²) < 4.78 is 5.53. The van der Waals surface area contributed by atoms with Crippen molar-refractivity contribution in [3.63, 3.8) is 0 Å². The van der Waals surface area contributed by atoms with Gasteiger partial charge in [0, 0.05) is 22.5 Å². The van der Waals surface area contributed by atoms with E-state index in [1.54, 1.807) is 6.20 Å². The third kappa shape index (κ3) is 3.75. The fraction of sp³-hybridized carbons (Fsp3) is 0.615. The second kappa shape index (κ2) is 8.19. The van der Waals surface area contributed by atoms with Gasteiger partial charge < -0.3 is 15.2 Å². The Kier molecular flexibility index (Phi) is 5.41. The van der Waals surface area contributed by atoms with Crippen LogP contribution in [0.25, 0.3) is 10.8 Å². The SMILES string of the molecule is C[C@]1(N2CCC(c3cc4cc(NC(=O)C5C6CCCC65)ncc4cc3Cl)CC2)COC[C@H]1O. The average molecular weight is 470 g/mol. The second-order valence-corrected chi connectivity index (χ2v) is 11.1. The van der Waals surface area contributed by atoms with Crippen molar-refractivity contribution in [1.82, 2.24) is 9.88 Å². The smallest absolute Gasteiger partial charge is 0.229 e. The van der Waals surface area contributed by atoms with Crippen LogP contribution in [0.2, 0.25) is 5.02 Å². The number of pyridine rings is 1. The number of fused-ring (bicyclic) bond motifs is 2. The summed E-state index contributed by atoms with van der Waals surface area (Å²) in [6.45, 7) is 4.93. The van der Waals surface area contributed by atoms with Gasteiger partial charge >= 0.3 is 0 Å². The lowest BCUT2D eigenvalue weighted by Crippen LogP contribution is -2.56. The molecule has 6 nitrogen and oxygen atoms in total. The van der Waals surface area contributed by atoms with Crippen molar-refractivity contribution < 1.29 is 14.6 Å². The molecule has 6 rings (SSSR count). The number of halogens is 1. The minimum atomic E-state index is -0.436. The number of aliphatic hydroxyl groups is 1. The van der Waals surface area contributed by atoms with Crippen LogP contribution in [0.3, 0.4) is 0 Å². The number of amides is 1. The first-order valence-electron chi connectivity index (χ1n) is 12.3. The number of nitrogens with zero attached hydrogens (tertiary/aromatic N) is 2. The third-order valence-corrected chi connectivity index (χ3v) is 9.17. The number of rotatable bonds is 4. The molecule has 4 fully saturated rings. The Balaban J connectivity index is 1.17. The van der Waals surface area contributed by atoms with Crippen LogP contribution in [0.1, 0.15) is 50.5 Å². The molecule has 0 spiro atoms. The third-order valence-electron chi connectivity index (χ3n) is 8.84. The average Bonchev–Trinajstić information content (AvgIpc) is 3.09. The molecular weight excluding hydrogens is 438 g/mol. The van der Waals surface area contributed by atoms with Crippen LogP contribution < -0.4 is 5.32 Å². The number of anilines is 1. The number of nitrogens with one attached hydrogen (secondary N) is 1. The summed E-state index contributed by atoms with van der Waals surface area (Å²) in [6.07, 6.45) is 7.01. The van der Waals surface area contributed by atoms with E-state index in [1.807, 2.05) is 12.1 Å². The number of aliphatic hydroxyl groups excluding tert-OH is 1. The largest absolute Gasteiger partial charge is 0.389 e. The predicted molar refractivity (Wildman–Crippen MR) is 128 cm³/mol. The number of carbonyl (C=O) groups is 1. The van der Waals surface area contributed by atoms with E-state index in [1.165, 1.54) is 19.3 Å². The molecule has 3 heterocycles. The van der Waals surface area contributed by atoms with Gasteiger partial charge in [0.25, 0.3) is 0 Å². The van der Waals surface area contributed by atoms with Gasteiger partial charge in [-0.05, 0) is 92.6 Å². The number of hydrogen-bond donors (Lipinski definition) is 2. The standard InChI is InChI=1S/C26H32ClN3O3/c1-26(14-33-13-22(26)31)30-7-5-15(6-8-30)20-9-16-11-23(28-12-17(16)10-21(20)27)29-25(32)24-18-3-2-4-19(18)24/h9-12,15,18-19,22,24,31H,2-8,13-14H2,1H3,(H,28,29,32)/t18?,19?,22-,24?,26+/m1/s1. The number of hydrogen-bond acceptors (Lipinski definition) is 5. The van der Waals surface area contributed by atoms with Crippen LogP contribution in [0.4, 0.5) is 5.82 Å². The van der Waals surface area contributed by atoms with Crippen LogP contribution >= 0.6 is 11.6 Å². The quantitative estimate of drug-likeness (QED) is 0.701. The monoisotopic (exact) mass is 469 g/mol. The Morgan fingerprint density at radius 2 is 1.94 bits per heavy atom. The van der Waals surface area contributed by atoms with Crippen LogP contribution in [0, 0.1) is 17.8 Å². The molecule has 0 radical (unpaired) electrons. The van der Waals surface area contributed by atoms with E-state index in [-0.39, 0.29) is 17.4 Å². The molecule has 2 aromatic rings. The maximum absolute atomic E-state index is 12.7. The fourth-order valence-electron chi connectivity index (χ4n) is 6.64. The van der Waals surface area contributed by atoms with Gasteiger partial charge in [0.05, 0.1) is 24.9 Å². The van der Waals surface area contributed by atoms with E-state index in [2.05, 4.69) is 28.2 Å². The van der Waals surface area contributed by atoms with E-state index in [4.69, 9.17) is 16.3 Å². The van der Waals surface area contributed by atoms with Gasteiger partial charge in [-0.3, -0.25) is 9.69 Å². The van der Waals surface area contributed by atoms with Crippen molar-refractivity contribution in [2.45, 2.75) is 56.6 Å². The predicted octanol–water partition coefficient (Wildman–Crippen LogP) is 4.20. The Labute approximate surface area is 199 Å². The van der Waals surface area contributed by atoms with Crippen LogP contribution in [0.15, 0.2) is 24.4 Å². The molecule has 1 amide bonds. The van der Waals surface area contributed by atoms with Crippen molar-refractivity contribution in [1.29, 1.82) is 0 Å². The Morgan fingerprint density at radius 1 is 1.18 bits per heavy atom. The number of ether oxygens (including phenoxy) is 1. The maximum Gasteiger partial charge on any atom is 0.229 e. The lowest BCUT2D eigenvalue weighted by molar-refractivity contribution is -0.118. The summed E-state index contributed by atoms with van der Waals surface area (Å²) in [6, 6.07) is 6.16. The van der Waals surface area contributed by atoms with Gasteiger partial charge in [-0.15, -0.1) is 0 Å². The molecule has 2 aliphatic heterocycles. The van der Waals surface area contributed by atoms with Crippen molar-refractivity contribution in [3.05, 3.63) is 35.0 Å². The zero-order chi connectivity index (χ0) is 22.7. The van der Waals surface area contributed by atoms with Crippen molar-refractivity contribution in [2.75, 3.05) is 31.6 Å². The topological polar surface area (TPSA) is 74.7 Å². The zero-order valence-electron chi connectivity index (χ0n) is 19.1. The molecule has 1 aromatic carbocycles. The summed E-state index contributed by atoms with van der Waals surface area (Å²) in [7, 11) is 0.